The van der Waals surface area contributed by atoms with Crippen LogP contribution in [-0.2, 0) is 16.1 Å². The highest BCUT2D eigenvalue weighted by atomic mass is 16.2. The molecule has 4 saturated carbocycles. The zero-order chi connectivity index (χ0) is 31.1. The predicted octanol–water partition coefficient (Wildman–Crippen LogP) is 9.32. The van der Waals surface area contributed by atoms with Gasteiger partial charge in [-0.1, -0.05) is 103 Å². The molecule has 1 aromatic carbocycles. The second-order valence-electron chi connectivity index (χ2n) is 17.0. The Labute approximate surface area is 268 Å². The normalized spacial score (nSPS) is 38.1. The highest BCUT2D eigenvalue weighted by Gasteiger charge is 2.69. The van der Waals surface area contributed by atoms with Gasteiger partial charge in [0.1, 0.15) is 5.54 Å². The van der Waals surface area contributed by atoms with E-state index in [0.717, 1.165) is 61.3 Å². The highest BCUT2D eigenvalue weighted by molar-refractivity contribution is 5.94. The van der Waals surface area contributed by atoms with Crippen molar-refractivity contribution in [3.05, 3.63) is 35.9 Å². The minimum atomic E-state index is -0.757. The number of rotatable bonds is 9. The Balaban J connectivity index is 1.30. The maximum atomic E-state index is 14.9. The Morgan fingerprint density at radius 2 is 1.64 bits per heavy atom. The molecule has 4 aliphatic carbocycles. The Morgan fingerprint density at radius 3 is 2.36 bits per heavy atom. The smallest absolute Gasteiger partial charge is 0.246 e. The molecule has 1 N–H and O–H groups in total. The fraction of sp³-hybridized carbons (Fsp3) is 0.800. The summed E-state index contributed by atoms with van der Waals surface area (Å²) in [6.45, 7) is 12.9. The van der Waals surface area contributed by atoms with Crippen LogP contribution in [0, 0.1) is 46.3 Å². The number of piperidine rings is 1. The van der Waals surface area contributed by atoms with Gasteiger partial charge in [0.2, 0.25) is 11.8 Å². The first-order chi connectivity index (χ1) is 21.1. The van der Waals surface area contributed by atoms with Gasteiger partial charge in [0.15, 0.2) is 0 Å². The third kappa shape index (κ3) is 5.46. The van der Waals surface area contributed by atoms with E-state index in [1.54, 1.807) is 0 Å². The van der Waals surface area contributed by atoms with Crippen LogP contribution in [0.15, 0.2) is 30.3 Å². The van der Waals surface area contributed by atoms with E-state index in [1.165, 1.54) is 64.2 Å². The Hall–Kier alpha value is -1.84. The molecule has 0 bridgehead atoms. The zero-order valence-corrected chi connectivity index (χ0v) is 28.7. The lowest BCUT2D eigenvalue weighted by Gasteiger charge is -2.67. The van der Waals surface area contributed by atoms with Crippen LogP contribution in [-0.4, -0.2) is 28.3 Å². The molecule has 5 fully saturated rings. The molecule has 8 atom stereocenters. The Bertz CT molecular complexity index is 1160. The Kier molecular flexibility index (Phi) is 9.31. The molecule has 0 unspecified atom stereocenters. The molecule has 0 spiro atoms. The van der Waals surface area contributed by atoms with Crippen LogP contribution in [0.1, 0.15) is 143 Å². The van der Waals surface area contributed by atoms with Gasteiger partial charge in [0.05, 0.1) is 0 Å². The van der Waals surface area contributed by atoms with Crippen molar-refractivity contribution in [1.29, 1.82) is 0 Å². The zero-order valence-electron chi connectivity index (χ0n) is 28.7. The number of benzene rings is 1. The highest BCUT2D eigenvalue weighted by Crippen LogP contribution is 2.69. The van der Waals surface area contributed by atoms with Gasteiger partial charge in [-0.3, -0.25) is 9.59 Å². The van der Waals surface area contributed by atoms with Crippen molar-refractivity contribution in [1.82, 2.24) is 10.2 Å². The number of amides is 2. The van der Waals surface area contributed by atoms with Crippen molar-refractivity contribution in [2.75, 3.05) is 0 Å². The quantitative estimate of drug-likeness (QED) is 0.306. The van der Waals surface area contributed by atoms with Crippen LogP contribution in [0.25, 0.3) is 0 Å². The van der Waals surface area contributed by atoms with Gasteiger partial charge in [0.25, 0.3) is 0 Å². The van der Waals surface area contributed by atoms with E-state index in [9.17, 15) is 9.59 Å². The lowest BCUT2D eigenvalue weighted by molar-refractivity contribution is -0.198. The summed E-state index contributed by atoms with van der Waals surface area (Å²) in [6, 6.07) is 10.7. The number of nitrogens with zero attached hydrogens (tertiary/aromatic N) is 1. The molecule has 4 nitrogen and oxygen atoms in total. The van der Waals surface area contributed by atoms with Gasteiger partial charge < -0.3 is 10.2 Å². The van der Waals surface area contributed by atoms with Crippen molar-refractivity contribution < 1.29 is 9.59 Å². The largest absolute Gasteiger partial charge is 0.351 e. The molecule has 6 rings (SSSR count). The second kappa shape index (κ2) is 12.7. The van der Waals surface area contributed by atoms with Gasteiger partial charge in [-0.2, -0.15) is 0 Å². The molecule has 5 aliphatic rings. The van der Waals surface area contributed by atoms with E-state index in [4.69, 9.17) is 0 Å². The van der Waals surface area contributed by atoms with E-state index in [1.807, 2.05) is 6.07 Å². The monoisotopic (exact) mass is 602 g/mol. The van der Waals surface area contributed by atoms with E-state index < -0.39 is 5.54 Å². The molecule has 1 heterocycles. The Morgan fingerprint density at radius 1 is 0.886 bits per heavy atom. The molecule has 44 heavy (non-hydrogen) atoms. The molecule has 1 aromatic rings. The third-order valence-corrected chi connectivity index (χ3v) is 14.4. The topological polar surface area (TPSA) is 49.4 Å². The summed E-state index contributed by atoms with van der Waals surface area (Å²) in [5, 5.41) is 3.61. The average molecular weight is 603 g/mol. The van der Waals surface area contributed by atoms with E-state index in [2.05, 4.69) is 69.1 Å². The first-order valence-electron chi connectivity index (χ1n) is 18.8. The summed E-state index contributed by atoms with van der Waals surface area (Å²) in [4.78, 5) is 31.0. The SMILES string of the molecule is CC(C)CCC[C@@H](C)[C@H]1CC[C@H]2[C@@H]3CC[C@]4(C(=O)NC5CCCCC5)N(Cc5ccccc5)C(=O)CC[C@]4(C)[C@H]3CC[C@]12C. The first-order valence-corrected chi connectivity index (χ1v) is 18.8. The predicted molar refractivity (Wildman–Crippen MR) is 180 cm³/mol. The van der Waals surface area contributed by atoms with Crippen molar-refractivity contribution in [2.24, 2.45) is 46.3 Å². The molecule has 2 amide bonds. The molecule has 1 aliphatic heterocycles. The summed E-state index contributed by atoms with van der Waals surface area (Å²) in [5.41, 5.74) is 0.609. The average Bonchev–Trinajstić information content (AvgIpc) is 3.37. The van der Waals surface area contributed by atoms with Crippen molar-refractivity contribution in [3.63, 3.8) is 0 Å². The van der Waals surface area contributed by atoms with Crippen LogP contribution in [0.4, 0.5) is 0 Å². The number of hydrogen-bond acceptors (Lipinski definition) is 2. The first kappa shape index (κ1) is 32.1. The summed E-state index contributed by atoms with van der Waals surface area (Å²) < 4.78 is 0. The van der Waals surface area contributed by atoms with Crippen LogP contribution < -0.4 is 5.32 Å². The number of likely N-dealkylation sites (tertiary alicyclic amines) is 1. The second-order valence-corrected chi connectivity index (χ2v) is 17.0. The van der Waals surface area contributed by atoms with Crippen LogP contribution in [0.5, 0.6) is 0 Å². The van der Waals surface area contributed by atoms with E-state index in [-0.39, 0.29) is 23.3 Å². The number of carbonyl (C=O) groups excluding carboxylic acids is 2. The van der Waals surface area contributed by atoms with Crippen molar-refractivity contribution in [2.45, 2.75) is 155 Å². The number of hydrogen-bond donors (Lipinski definition) is 1. The molecule has 0 aromatic heterocycles. The van der Waals surface area contributed by atoms with Gasteiger partial charge >= 0.3 is 0 Å². The van der Waals surface area contributed by atoms with Gasteiger partial charge in [-0.05, 0) is 104 Å². The summed E-state index contributed by atoms with van der Waals surface area (Å²) >= 11 is 0. The fourth-order valence-corrected chi connectivity index (χ4v) is 12.1. The standard InChI is InChI=1S/C40H62N2O2/c1-28(2)13-12-14-29(3)33-19-20-34-32-21-26-40(37(44)41-31-17-10-7-11-18-31)39(5,35(32)22-24-38(33,34)4)25-23-36(43)42(40)27-30-15-8-6-9-16-30/h6,8-9,15-16,28-29,31-35H,7,10-14,17-27H2,1-5H3,(H,41,44)/t29-,32+,33-,34+,35+,38-,39-,40-/m1/s1. The van der Waals surface area contributed by atoms with Gasteiger partial charge in [0, 0.05) is 24.4 Å². The number of fused-ring (bicyclic) bond motifs is 5. The minimum absolute atomic E-state index is 0.172. The molecule has 1 saturated heterocycles. The van der Waals surface area contributed by atoms with Crippen molar-refractivity contribution >= 4 is 11.8 Å². The molecular formula is C40H62N2O2. The fourth-order valence-electron chi connectivity index (χ4n) is 12.1. The molecule has 0 radical (unpaired) electrons. The van der Waals surface area contributed by atoms with E-state index >= 15 is 0 Å². The maximum absolute atomic E-state index is 14.9. The van der Waals surface area contributed by atoms with E-state index in [0.29, 0.717) is 30.2 Å². The number of nitrogens with one attached hydrogen (secondary N) is 1. The van der Waals surface area contributed by atoms with Crippen LogP contribution in [0.2, 0.25) is 0 Å². The molecular weight excluding hydrogens is 540 g/mol. The number of carbonyl (C=O) groups is 2. The summed E-state index contributed by atoms with van der Waals surface area (Å²) in [7, 11) is 0. The summed E-state index contributed by atoms with van der Waals surface area (Å²) in [5.74, 6) is 4.72. The molecule has 4 heteroatoms. The minimum Gasteiger partial charge on any atom is -0.351 e. The summed E-state index contributed by atoms with van der Waals surface area (Å²) in [6.07, 6.45) is 18.5. The van der Waals surface area contributed by atoms with Crippen LogP contribution >= 0.6 is 0 Å². The third-order valence-electron chi connectivity index (χ3n) is 14.4. The lowest BCUT2D eigenvalue weighted by Crippen LogP contribution is -2.75. The van der Waals surface area contributed by atoms with Crippen molar-refractivity contribution in [3.8, 4) is 0 Å². The lowest BCUT2D eigenvalue weighted by atomic mass is 9.42. The van der Waals surface area contributed by atoms with Crippen LogP contribution in [0.3, 0.4) is 0 Å². The molecule has 244 valence electrons. The maximum Gasteiger partial charge on any atom is 0.246 e. The van der Waals surface area contributed by atoms with Gasteiger partial charge in [-0.15, -0.1) is 0 Å². The van der Waals surface area contributed by atoms with Gasteiger partial charge in [-0.25, -0.2) is 0 Å².